The molecule has 3 fully saturated rings. The number of ether oxygens (including phenoxy) is 2. The molecule has 4 aliphatic heterocycles. The number of anilines is 2. The van der Waals surface area contributed by atoms with Gasteiger partial charge in [0.25, 0.3) is 11.8 Å². The molecule has 19 heteroatoms. The summed E-state index contributed by atoms with van der Waals surface area (Å²) in [6.45, 7) is 6.94. The number of piperidine rings is 2. The summed E-state index contributed by atoms with van der Waals surface area (Å²) in [5.74, 6) is -1.83. The molecule has 0 spiro atoms. The monoisotopic (exact) mass is 917 g/mol. The van der Waals surface area contributed by atoms with Crippen LogP contribution in [0.5, 0.6) is 5.75 Å². The molecule has 4 aliphatic rings. The zero-order chi connectivity index (χ0) is 45.1. The van der Waals surface area contributed by atoms with E-state index in [9.17, 15) is 28.4 Å². The van der Waals surface area contributed by atoms with Crippen LogP contribution in [-0.2, 0) is 19.1 Å². The summed E-state index contributed by atoms with van der Waals surface area (Å²) in [7, 11) is 0. The third-order valence-corrected chi connectivity index (χ3v) is 13.1. The minimum atomic E-state index is -0.997. The molecule has 4 aromatic rings. The molecule has 4 N–H and O–H groups in total. The Bertz CT molecular complexity index is 2440. The predicted octanol–water partition coefficient (Wildman–Crippen LogP) is 5.91. The van der Waals surface area contributed by atoms with Gasteiger partial charge in [-0.15, -0.1) is 0 Å². The van der Waals surface area contributed by atoms with Gasteiger partial charge in [-0.3, -0.25) is 38.9 Å². The van der Waals surface area contributed by atoms with E-state index in [-0.39, 0.29) is 58.4 Å². The summed E-state index contributed by atoms with van der Waals surface area (Å²) in [5, 5.41) is 10.4. The predicted molar refractivity (Wildman–Crippen MR) is 236 cm³/mol. The maximum absolute atomic E-state index is 14.2. The molecule has 0 radical (unpaired) electrons. The molecule has 0 saturated carbocycles. The van der Waals surface area contributed by atoms with Crippen LogP contribution in [0.4, 0.5) is 15.9 Å². The van der Waals surface area contributed by atoms with Crippen molar-refractivity contribution < 1.29 is 37.8 Å². The largest absolute Gasteiger partial charge is 0.482 e. The Morgan fingerprint density at radius 1 is 1.02 bits per heavy atom. The van der Waals surface area contributed by atoms with E-state index in [0.717, 1.165) is 67.8 Å². The van der Waals surface area contributed by atoms with E-state index in [0.29, 0.717) is 49.2 Å². The van der Waals surface area contributed by atoms with Crippen LogP contribution in [0.25, 0.3) is 11.1 Å². The van der Waals surface area contributed by atoms with E-state index >= 15 is 0 Å². The SMILES string of the molecule is CC(Oc1cc(-c2cnn(C3CCN(C(=O)COCCCCCN4CC(CNc5cccc6c5C(=O)N(C5CCC(=O)NC5=O)C6=O)C4)CC3)c2)cnc1N)c1c(Cl)ccc(F)c1Cl. The second kappa shape index (κ2) is 19.6. The number of nitrogens with two attached hydrogens (primary N) is 1. The number of nitrogen functional groups attached to an aromatic ring is 1. The third-order valence-electron chi connectivity index (χ3n) is 12.4. The first-order valence-electron chi connectivity index (χ1n) is 21.6. The van der Waals surface area contributed by atoms with Crippen LogP contribution < -0.4 is 21.1 Å². The van der Waals surface area contributed by atoms with Crippen molar-refractivity contribution in [3.8, 4) is 16.9 Å². The van der Waals surface area contributed by atoms with E-state index < -0.39 is 41.6 Å². The number of likely N-dealkylation sites (tertiary alicyclic amines) is 2. The van der Waals surface area contributed by atoms with E-state index in [1.807, 2.05) is 15.8 Å². The number of pyridine rings is 1. The summed E-state index contributed by atoms with van der Waals surface area (Å²) >= 11 is 12.5. The molecule has 8 rings (SSSR count). The maximum Gasteiger partial charge on any atom is 0.264 e. The number of fused-ring (bicyclic) bond motifs is 1. The number of carbonyl (C=O) groups excluding carboxylic acids is 5. The molecule has 3 saturated heterocycles. The number of rotatable bonds is 17. The first kappa shape index (κ1) is 45.0. The van der Waals surface area contributed by atoms with E-state index in [2.05, 4.69) is 25.6 Å². The van der Waals surface area contributed by atoms with E-state index in [1.165, 1.54) is 12.1 Å². The molecular formula is C45H50Cl2FN9O7. The smallest absolute Gasteiger partial charge is 0.264 e. The summed E-state index contributed by atoms with van der Waals surface area (Å²) < 4.78 is 27.9. The molecule has 6 heterocycles. The summed E-state index contributed by atoms with van der Waals surface area (Å²) in [4.78, 5) is 73.0. The lowest BCUT2D eigenvalue weighted by molar-refractivity contribution is -0.138. The van der Waals surface area contributed by atoms with Crippen LogP contribution in [0.3, 0.4) is 0 Å². The van der Waals surface area contributed by atoms with Gasteiger partial charge < -0.3 is 30.3 Å². The Hall–Kier alpha value is -5.62. The summed E-state index contributed by atoms with van der Waals surface area (Å²) in [6.07, 6.45) is 9.19. The number of unbranched alkanes of at least 4 members (excludes halogenated alkanes) is 2. The first-order chi connectivity index (χ1) is 30.9. The van der Waals surface area contributed by atoms with Crippen LogP contribution >= 0.6 is 23.2 Å². The number of nitrogens with zero attached hydrogens (tertiary/aromatic N) is 6. The van der Waals surface area contributed by atoms with Crippen molar-refractivity contribution >= 4 is 64.2 Å². The highest BCUT2D eigenvalue weighted by Gasteiger charge is 2.45. The molecule has 2 aromatic heterocycles. The number of hydrogen-bond acceptors (Lipinski definition) is 12. The van der Waals surface area contributed by atoms with Gasteiger partial charge in [-0.05, 0) is 82.3 Å². The van der Waals surface area contributed by atoms with Crippen molar-refractivity contribution in [2.45, 2.75) is 70.1 Å². The molecule has 16 nitrogen and oxygen atoms in total. The standard InChI is InChI=1S/C45H50Cl2FN9O7/c1-26(39-32(46)8-9-33(48)41(39)47)64-36-18-28(20-51-42(36)49)29-21-52-56(24-29)30-12-15-55(16-13-30)38(59)25-63-17-4-2-3-14-54-22-27(23-54)19-50-34-7-5-6-31-40(34)45(62)57(44(31)61)35-10-11-37(58)53-43(35)60/h5-9,18,20-21,24,26-27,30,35,50H,2-4,10-17,19,22-23,25H2,1H3,(H2,49,51)(H,53,58,60). The lowest BCUT2D eigenvalue weighted by Crippen LogP contribution is -2.54. The zero-order valence-electron chi connectivity index (χ0n) is 35.4. The average molecular weight is 919 g/mol. The number of hydrogen-bond donors (Lipinski definition) is 3. The highest BCUT2D eigenvalue weighted by Crippen LogP contribution is 2.38. The quantitative estimate of drug-likeness (QED) is 0.0646. The number of carbonyl (C=O) groups is 5. The van der Waals surface area contributed by atoms with Crippen molar-refractivity contribution in [2.24, 2.45) is 5.92 Å². The number of halogens is 3. The zero-order valence-corrected chi connectivity index (χ0v) is 36.9. The maximum atomic E-state index is 14.2. The van der Waals surface area contributed by atoms with Crippen LogP contribution in [0, 0.1) is 11.7 Å². The second-order valence-corrected chi connectivity index (χ2v) is 17.5. The summed E-state index contributed by atoms with van der Waals surface area (Å²) in [6, 6.07) is 8.59. The van der Waals surface area contributed by atoms with Crippen molar-refractivity contribution in [3.05, 3.63) is 87.5 Å². The van der Waals surface area contributed by atoms with Gasteiger partial charge in [-0.2, -0.15) is 5.10 Å². The Balaban J connectivity index is 0.695. The number of imide groups is 2. The molecule has 2 aromatic carbocycles. The molecule has 2 atom stereocenters. The highest BCUT2D eigenvalue weighted by molar-refractivity contribution is 6.36. The van der Waals surface area contributed by atoms with Crippen molar-refractivity contribution in [3.63, 3.8) is 0 Å². The van der Waals surface area contributed by atoms with Crippen LogP contribution in [0.15, 0.2) is 55.0 Å². The molecule has 338 valence electrons. The molecule has 5 amide bonds. The van der Waals surface area contributed by atoms with Crippen LogP contribution in [0.2, 0.25) is 10.0 Å². The van der Waals surface area contributed by atoms with Crippen LogP contribution in [0.1, 0.15) is 90.3 Å². The fourth-order valence-corrected chi connectivity index (χ4v) is 9.49. The third kappa shape index (κ3) is 9.72. The summed E-state index contributed by atoms with van der Waals surface area (Å²) in [5.41, 5.74) is 9.10. The van der Waals surface area contributed by atoms with Crippen molar-refractivity contribution in [1.82, 2.24) is 34.8 Å². The molecule has 2 unspecified atom stereocenters. The van der Waals surface area contributed by atoms with Crippen LogP contribution in [-0.4, -0.2) is 118 Å². The number of amides is 5. The lowest BCUT2D eigenvalue weighted by Gasteiger charge is -2.39. The number of aromatic nitrogens is 3. The minimum absolute atomic E-state index is 0.0154. The first-order valence-corrected chi connectivity index (χ1v) is 22.4. The van der Waals surface area contributed by atoms with Gasteiger partial charge in [0.05, 0.1) is 28.4 Å². The van der Waals surface area contributed by atoms with E-state index in [4.69, 9.17) is 38.4 Å². The average Bonchev–Trinajstić information content (AvgIpc) is 3.86. The Labute approximate surface area is 379 Å². The topological polar surface area (TPSA) is 194 Å². The van der Waals surface area contributed by atoms with Gasteiger partial charge in [-0.25, -0.2) is 9.37 Å². The van der Waals surface area contributed by atoms with Gasteiger partial charge in [0, 0.05) is 91.5 Å². The van der Waals surface area contributed by atoms with Gasteiger partial charge in [-0.1, -0.05) is 29.3 Å². The van der Waals surface area contributed by atoms with Crippen molar-refractivity contribution in [1.29, 1.82) is 0 Å². The molecular weight excluding hydrogens is 868 g/mol. The Morgan fingerprint density at radius 3 is 2.59 bits per heavy atom. The van der Waals surface area contributed by atoms with Gasteiger partial charge in [0.2, 0.25) is 17.7 Å². The van der Waals surface area contributed by atoms with Crippen molar-refractivity contribution in [2.75, 3.05) is 63.5 Å². The van der Waals surface area contributed by atoms with Gasteiger partial charge in [0.1, 0.15) is 24.6 Å². The lowest BCUT2D eigenvalue weighted by atomic mass is 9.99. The number of benzene rings is 2. The fraction of sp³-hybridized carbons (Fsp3) is 0.444. The highest BCUT2D eigenvalue weighted by atomic mass is 35.5. The molecule has 0 bridgehead atoms. The van der Waals surface area contributed by atoms with Gasteiger partial charge in [0.15, 0.2) is 11.6 Å². The van der Waals surface area contributed by atoms with Gasteiger partial charge >= 0.3 is 0 Å². The minimum Gasteiger partial charge on any atom is -0.482 e. The Kier molecular flexibility index (Phi) is 13.8. The second-order valence-electron chi connectivity index (χ2n) is 16.7. The molecule has 0 aliphatic carbocycles. The fourth-order valence-electron chi connectivity index (χ4n) is 8.81. The molecule has 64 heavy (non-hydrogen) atoms. The normalized spacial score (nSPS) is 18.8. The number of nitrogens with one attached hydrogen (secondary N) is 2. The van der Waals surface area contributed by atoms with E-state index in [1.54, 1.807) is 43.6 Å². The Morgan fingerprint density at radius 2 is 1.81 bits per heavy atom.